The van der Waals surface area contributed by atoms with E-state index < -0.39 is 0 Å². The molecule has 2 amide bonds. The van der Waals surface area contributed by atoms with E-state index in [1.807, 2.05) is 58.0 Å². The van der Waals surface area contributed by atoms with Gasteiger partial charge in [-0.25, -0.2) is 4.79 Å². The number of benzene rings is 1. The largest absolute Gasteiger partial charge is 0.367 e. The first-order chi connectivity index (χ1) is 12.7. The Morgan fingerprint density at radius 2 is 1.81 bits per heavy atom. The number of anilines is 1. The Bertz CT molecular complexity index is 919. The van der Waals surface area contributed by atoms with E-state index in [9.17, 15) is 4.79 Å². The van der Waals surface area contributed by atoms with Crippen molar-refractivity contribution in [1.29, 1.82) is 0 Å². The van der Waals surface area contributed by atoms with Crippen LogP contribution in [0.1, 0.15) is 5.82 Å². The zero-order chi connectivity index (χ0) is 17.9. The lowest BCUT2D eigenvalue weighted by molar-refractivity contribution is 0.193. The van der Waals surface area contributed by atoms with Crippen molar-refractivity contribution in [2.24, 2.45) is 0 Å². The molecule has 1 saturated heterocycles. The number of nitrogens with one attached hydrogen (secondary N) is 1. The molecule has 8 heteroatoms. The smallest absolute Gasteiger partial charge is 0.317 e. The van der Waals surface area contributed by atoms with Crippen molar-refractivity contribution in [3.05, 3.63) is 59.5 Å². The molecule has 0 bridgehead atoms. The normalized spacial score (nSPS) is 14.7. The molecule has 134 valence electrons. The molecule has 1 N–H and O–H groups in total. The summed E-state index contributed by atoms with van der Waals surface area (Å²) in [5.74, 6) is 0.712. The number of halogens is 1. The molecule has 0 unspecified atom stereocenters. The van der Waals surface area contributed by atoms with Gasteiger partial charge in [0.15, 0.2) is 11.5 Å². The van der Waals surface area contributed by atoms with Gasteiger partial charge in [0, 0.05) is 32.4 Å². The monoisotopic (exact) mass is 370 g/mol. The van der Waals surface area contributed by atoms with Crippen LogP contribution in [-0.2, 0) is 6.54 Å². The molecule has 0 radical (unpaired) electrons. The van der Waals surface area contributed by atoms with E-state index in [2.05, 4.69) is 20.4 Å². The zero-order valence-electron chi connectivity index (χ0n) is 14.2. The van der Waals surface area contributed by atoms with Gasteiger partial charge in [0.05, 0.1) is 17.3 Å². The summed E-state index contributed by atoms with van der Waals surface area (Å²) in [6, 6.07) is 13.4. The molecular formula is C18H19ClN6O. The van der Waals surface area contributed by atoms with E-state index in [0.29, 0.717) is 25.5 Å². The molecule has 26 heavy (non-hydrogen) atoms. The quantitative estimate of drug-likeness (QED) is 0.769. The second kappa shape index (κ2) is 7.21. The van der Waals surface area contributed by atoms with Gasteiger partial charge in [-0.2, -0.15) is 0 Å². The summed E-state index contributed by atoms with van der Waals surface area (Å²) in [6.07, 6.45) is 1.89. The van der Waals surface area contributed by atoms with Crippen molar-refractivity contribution < 1.29 is 4.79 Å². The van der Waals surface area contributed by atoms with Crippen molar-refractivity contribution >= 4 is 29.0 Å². The van der Waals surface area contributed by atoms with Crippen LogP contribution in [0.3, 0.4) is 0 Å². The zero-order valence-corrected chi connectivity index (χ0v) is 14.9. The SMILES string of the molecule is O=C(NCc1nnc2ccccn12)N1CCN(c2ccccc2Cl)CC1. The number of aromatic nitrogens is 3. The van der Waals surface area contributed by atoms with Gasteiger partial charge in [-0.1, -0.05) is 29.8 Å². The van der Waals surface area contributed by atoms with Crippen LogP contribution >= 0.6 is 11.6 Å². The lowest BCUT2D eigenvalue weighted by atomic mass is 10.2. The van der Waals surface area contributed by atoms with Crippen LogP contribution in [0.5, 0.6) is 0 Å². The number of hydrogen-bond donors (Lipinski definition) is 1. The maximum Gasteiger partial charge on any atom is 0.317 e. The van der Waals surface area contributed by atoms with Crippen LogP contribution in [0, 0.1) is 0 Å². The molecule has 7 nitrogen and oxygen atoms in total. The third-order valence-corrected chi connectivity index (χ3v) is 4.86. The first kappa shape index (κ1) is 16.7. The minimum absolute atomic E-state index is 0.0866. The van der Waals surface area contributed by atoms with Crippen LogP contribution in [0.4, 0.5) is 10.5 Å². The first-order valence-corrected chi connectivity index (χ1v) is 8.91. The van der Waals surface area contributed by atoms with E-state index in [1.54, 1.807) is 0 Å². The minimum atomic E-state index is -0.0866. The second-order valence-corrected chi connectivity index (χ2v) is 6.54. The fraction of sp³-hybridized carbons (Fsp3) is 0.278. The van der Waals surface area contributed by atoms with Gasteiger partial charge in [-0.3, -0.25) is 4.40 Å². The lowest BCUT2D eigenvalue weighted by Gasteiger charge is -2.36. The van der Waals surface area contributed by atoms with Crippen molar-refractivity contribution in [2.75, 3.05) is 31.1 Å². The fourth-order valence-electron chi connectivity index (χ4n) is 3.14. The van der Waals surface area contributed by atoms with Gasteiger partial charge in [0.2, 0.25) is 0 Å². The topological polar surface area (TPSA) is 65.8 Å². The number of amides is 2. The number of para-hydroxylation sites is 1. The summed E-state index contributed by atoms with van der Waals surface area (Å²) < 4.78 is 1.87. The number of nitrogens with zero attached hydrogens (tertiary/aromatic N) is 5. The Morgan fingerprint density at radius 3 is 2.62 bits per heavy atom. The van der Waals surface area contributed by atoms with E-state index in [1.165, 1.54) is 0 Å². The predicted molar refractivity (Wildman–Crippen MR) is 100 cm³/mol. The number of pyridine rings is 1. The number of piperazine rings is 1. The minimum Gasteiger partial charge on any atom is -0.367 e. The number of carbonyl (C=O) groups excluding carboxylic acids is 1. The van der Waals surface area contributed by atoms with Gasteiger partial charge in [-0.15, -0.1) is 10.2 Å². The molecule has 0 saturated carbocycles. The highest BCUT2D eigenvalue weighted by Gasteiger charge is 2.22. The lowest BCUT2D eigenvalue weighted by Crippen LogP contribution is -2.51. The van der Waals surface area contributed by atoms with E-state index in [0.717, 1.165) is 29.4 Å². The van der Waals surface area contributed by atoms with Gasteiger partial charge in [0.1, 0.15) is 0 Å². The van der Waals surface area contributed by atoms with Crippen molar-refractivity contribution in [1.82, 2.24) is 24.8 Å². The second-order valence-electron chi connectivity index (χ2n) is 6.13. The van der Waals surface area contributed by atoms with Crippen LogP contribution in [-0.4, -0.2) is 51.7 Å². The third-order valence-electron chi connectivity index (χ3n) is 4.54. The van der Waals surface area contributed by atoms with Gasteiger partial charge < -0.3 is 15.1 Å². The third kappa shape index (κ3) is 3.30. The molecule has 1 aromatic carbocycles. The Morgan fingerprint density at radius 1 is 1.04 bits per heavy atom. The van der Waals surface area contributed by atoms with Crippen LogP contribution in [0.2, 0.25) is 5.02 Å². The van der Waals surface area contributed by atoms with Crippen LogP contribution in [0.25, 0.3) is 5.65 Å². The highest BCUT2D eigenvalue weighted by atomic mass is 35.5. The Labute approximate surface area is 156 Å². The first-order valence-electron chi connectivity index (χ1n) is 8.53. The van der Waals surface area contributed by atoms with Crippen LogP contribution in [0.15, 0.2) is 48.7 Å². The molecule has 2 aromatic heterocycles. The average molecular weight is 371 g/mol. The highest BCUT2D eigenvalue weighted by Crippen LogP contribution is 2.25. The average Bonchev–Trinajstić information content (AvgIpc) is 3.10. The number of carbonyl (C=O) groups is 1. The maximum atomic E-state index is 12.5. The Hall–Kier alpha value is -2.80. The maximum absolute atomic E-state index is 12.5. The molecule has 1 aliphatic rings. The highest BCUT2D eigenvalue weighted by molar-refractivity contribution is 6.33. The molecule has 0 aliphatic carbocycles. The van der Waals surface area contributed by atoms with E-state index in [-0.39, 0.29) is 6.03 Å². The van der Waals surface area contributed by atoms with Gasteiger partial charge in [0.25, 0.3) is 0 Å². The summed E-state index contributed by atoms with van der Waals surface area (Å²) in [7, 11) is 0. The molecule has 3 aromatic rings. The summed E-state index contributed by atoms with van der Waals surface area (Å²) in [5, 5.41) is 11.9. The molecule has 1 aliphatic heterocycles. The molecule has 0 spiro atoms. The van der Waals surface area contributed by atoms with Crippen LogP contribution < -0.4 is 10.2 Å². The number of fused-ring (bicyclic) bond motifs is 1. The molecular weight excluding hydrogens is 352 g/mol. The number of urea groups is 1. The van der Waals surface area contributed by atoms with E-state index >= 15 is 0 Å². The Kier molecular flexibility index (Phi) is 4.62. The summed E-state index contributed by atoms with van der Waals surface area (Å²) in [5.41, 5.74) is 1.79. The number of hydrogen-bond acceptors (Lipinski definition) is 4. The van der Waals surface area contributed by atoms with Crippen molar-refractivity contribution in [3.8, 4) is 0 Å². The fourth-order valence-corrected chi connectivity index (χ4v) is 3.39. The Balaban J connectivity index is 1.33. The standard InChI is InChI=1S/C18H19ClN6O/c19-14-5-1-2-6-15(14)23-9-11-24(12-10-23)18(26)20-13-17-22-21-16-7-3-4-8-25(16)17/h1-8H,9-13H2,(H,20,26). The number of rotatable bonds is 3. The molecule has 4 rings (SSSR count). The van der Waals surface area contributed by atoms with Crippen molar-refractivity contribution in [2.45, 2.75) is 6.54 Å². The van der Waals surface area contributed by atoms with Gasteiger partial charge in [-0.05, 0) is 24.3 Å². The summed E-state index contributed by atoms with van der Waals surface area (Å²) in [4.78, 5) is 16.5. The summed E-state index contributed by atoms with van der Waals surface area (Å²) >= 11 is 6.26. The van der Waals surface area contributed by atoms with E-state index in [4.69, 9.17) is 11.6 Å². The molecule has 3 heterocycles. The van der Waals surface area contributed by atoms with Crippen molar-refractivity contribution in [3.63, 3.8) is 0 Å². The predicted octanol–water partition coefficient (Wildman–Crippen LogP) is 2.41. The van der Waals surface area contributed by atoms with Gasteiger partial charge >= 0.3 is 6.03 Å². The summed E-state index contributed by atoms with van der Waals surface area (Å²) in [6.45, 7) is 3.15. The molecule has 1 fully saturated rings. The molecule has 0 atom stereocenters.